The van der Waals surface area contributed by atoms with E-state index in [0.29, 0.717) is 18.0 Å². The highest BCUT2D eigenvalue weighted by atomic mass is 16.2. The van der Waals surface area contributed by atoms with E-state index in [1.165, 1.54) is 25.1 Å². The van der Waals surface area contributed by atoms with E-state index in [1.807, 2.05) is 0 Å². The van der Waals surface area contributed by atoms with Crippen molar-refractivity contribution in [2.45, 2.75) is 19.3 Å². The van der Waals surface area contributed by atoms with Gasteiger partial charge in [-0.25, -0.2) is 0 Å². The van der Waals surface area contributed by atoms with Gasteiger partial charge in [-0.15, -0.1) is 0 Å². The molecule has 0 bridgehead atoms. The molecular formula is C13H19N3O2. The Kier molecular flexibility index (Phi) is 4.52. The van der Waals surface area contributed by atoms with Crippen LogP contribution in [0.4, 0.5) is 0 Å². The van der Waals surface area contributed by atoms with Gasteiger partial charge in [0.1, 0.15) is 0 Å². The Hall–Kier alpha value is -1.62. The molecule has 0 saturated carbocycles. The van der Waals surface area contributed by atoms with E-state index < -0.39 is 0 Å². The van der Waals surface area contributed by atoms with Gasteiger partial charge < -0.3 is 15.6 Å². The summed E-state index contributed by atoms with van der Waals surface area (Å²) in [5.74, 6) is 0.475. The van der Waals surface area contributed by atoms with Crippen LogP contribution in [0.25, 0.3) is 0 Å². The third kappa shape index (κ3) is 3.70. The predicted octanol–water partition coefficient (Wildman–Crippen LogP) is 0.494. The van der Waals surface area contributed by atoms with Crippen molar-refractivity contribution < 1.29 is 4.79 Å². The quantitative estimate of drug-likeness (QED) is 0.727. The molecular weight excluding hydrogens is 230 g/mol. The number of aromatic nitrogens is 1. The number of H-pyrrole nitrogens is 1. The first kappa shape index (κ1) is 12.8. The Morgan fingerprint density at radius 2 is 2.39 bits per heavy atom. The molecule has 2 rings (SSSR count). The smallest absolute Gasteiger partial charge is 0.251 e. The van der Waals surface area contributed by atoms with Crippen LogP contribution >= 0.6 is 0 Å². The number of amides is 1. The van der Waals surface area contributed by atoms with Gasteiger partial charge in [-0.3, -0.25) is 9.59 Å². The highest BCUT2D eigenvalue weighted by Crippen LogP contribution is 2.12. The van der Waals surface area contributed by atoms with Gasteiger partial charge in [0.2, 0.25) is 5.56 Å². The van der Waals surface area contributed by atoms with Crippen molar-refractivity contribution in [3.63, 3.8) is 0 Å². The maximum Gasteiger partial charge on any atom is 0.251 e. The zero-order valence-corrected chi connectivity index (χ0v) is 10.4. The zero-order chi connectivity index (χ0) is 12.8. The second-order valence-corrected chi connectivity index (χ2v) is 4.70. The summed E-state index contributed by atoms with van der Waals surface area (Å²) in [5.41, 5.74) is 0.166. The van der Waals surface area contributed by atoms with Crippen LogP contribution in [0.1, 0.15) is 29.6 Å². The summed E-state index contributed by atoms with van der Waals surface area (Å²) in [5, 5.41) is 6.21. The van der Waals surface area contributed by atoms with Gasteiger partial charge in [0, 0.05) is 24.4 Å². The van der Waals surface area contributed by atoms with Crippen LogP contribution < -0.4 is 16.2 Å². The number of carbonyl (C=O) groups excluding carboxylic acids is 1. The number of carbonyl (C=O) groups is 1. The number of nitrogens with one attached hydrogen (secondary N) is 3. The largest absolute Gasteiger partial charge is 0.352 e. The molecule has 3 N–H and O–H groups in total. The number of pyridine rings is 1. The van der Waals surface area contributed by atoms with Gasteiger partial charge in [-0.05, 0) is 44.3 Å². The normalized spacial score (nSPS) is 19.4. The maximum atomic E-state index is 11.8. The number of piperidine rings is 1. The molecule has 0 spiro atoms. The summed E-state index contributed by atoms with van der Waals surface area (Å²) in [4.78, 5) is 25.3. The predicted molar refractivity (Wildman–Crippen MR) is 69.6 cm³/mol. The van der Waals surface area contributed by atoms with Gasteiger partial charge in [0.05, 0.1) is 0 Å². The summed E-state index contributed by atoms with van der Waals surface area (Å²) in [7, 11) is 0. The molecule has 1 aliphatic rings. The molecule has 1 fully saturated rings. The average Bonchev–Trinajstić information content (AvgIpc) is 2.40. The van der Waals surface area contributed by atoms with Crippen LogP contribution in [-0.4, -0.2) is 30.5 Å². The minimum Gasteiger partial charge on any atom is -0.352 e. The molecule has 1 unspecified atom stereocenters. The molecule has 1 aromatic heterocycles. The molecule has 0 aliphatic carbocycles. The van der Waals surface area contributed by atoms with Crippen LogP contribution in [0.5, 0.6) is 0 Å². The summed E-state index contributed by atoms with van der Waals surface area (Å²) in [6, 6.07) is 2.93. The Balaban J connectivity index is 1.76. The molecule has 1 aliphatic heterocycles. The SMILES string of the molecule is O=C(NCCC1CCCNC1)c1cc[nH]c(=O)c1. The average molecular weight is 249 g/mol. The van der Waals surface area contributed by atoms with Crippen molar-refractivity contribution in [1.29, 1.82) is 0 Å². The molecule has 1 atom stereocenters. The summed E-state index contributed by atoms with van der Waals surface area (Å²) < 4.78 is 0. The van der Waals surface area contributed by atoms with Crippen molar-refractivity contribution in [3.8, 4) is 0 Å². The fourth-order valence-electron chi connectivity index (χ4n) is 2.25. The third-order valence-corrected chi connectivity index (χ3v) is 3.27. The first-order valence-electron chi connectivity index (χ1n) is 6.43. The van der Waals surface area contributed by atoms with E-state index in [2.05, 4.69) is 15.6 Å². The van der Waals surface area contributed by atoms with Crippen molar-refractivity contribution in [2.75, 3.05) is 19.6 Å². The second kappa shape index (κ2) is 6.35. The Bertz CT molecular complexity index is 450. The summed E-state index contributed by atoms with van der Waals surface area (Å²) in [6.45, 7) is 2.81. The third-order valence-electron chi connectivity index (χ3n) is 3.27. The number of aromatic amines is 1. The monoisotopic (exact) mass is 249 g/mol. The van der Waals surface area contributed by atoms with Crippen molar-refractivity contribution >= 4 is 5.91 Å². The fourth-order valence-corrected chi connectivity index (χ4v) is 2.25. The minimum absolute atomic E-state index is 0.176. The molecule has 0 radical (unpaired) electrons. The first-order chi connectivity index (χ1) is 8.75. The lowest BCUT2D eigenvalue weighted by atomic mass is 9.96. The molecule has 1 saturated heterocycles. The summed E-state index contributed by atoms with van der Waals surface area (Å²) >= 11 is 0. The van der Waals surface area contributed by atoms with Gasteiger partial charge in [-0.1, -0.05) is 0 Å². The molecule has 18 heavy (non-hydrogen) atoms. The lowest BCUT2D eigenvalue weighted by Gasteiger charge is -2.22. The number of rotatable bonds is 4. The van der Waals surface area contributed by atoms with Crippen LogP contribution in [0.3, 0.4) is 0 Å². The van der Waals surface area contributed by atoms with E-state index in [4.69, 9.17) is 0 Å². The second-order valence-electron chi connectivity index (χ2n) is 4.70. The summed E-state index contributed by atoms with van der Waals surface area (Å²) in [6.07, 6.45) is 4.92. The van der Waals surface area contributed by atoms with Crippen molar-refractivity contribution in [1.82, 2.24) is 15.6 Å². The Morgan fingerprint density at radius 1 is 1.50 bits per heavy atom. The lowest BCUT2D eigenvalue weighted by molar-refractivity contribution is 0.0950. The van der Waals surface area contributed by atoms with Gasteiger partial charge >= 0.3 is 0 Å². The van der Waals surface area contributed by atoms with E-state index in [1.54, 1.807) is 6.07 Å². The van der Waals surface area contributed by atoms with Crippen LogP contribution in [-0.2, 0) is 0 Å². The van der Waals surface area contributed by atoms with E-state index in [0.717, 1.165) is 19.5 Å². The highest BCUT2D eigenvalue weighted by molar-refractivity contribution is 5.93. The highest BCUT2D eigenvalue weighted by Gasteiger charge is 2.13. The van der Waals surface area contributed by atoms with Crippen LogP contribution in [0.2, 0.25) is 0 Å². The topological polar surface area (TPSA) is 74.0 Å². The van der Waals surface area contributed by atoms with Crippen molar-refractivity contribution in [2.24, 2.45) is 5.92 Å². The van der Waals surface area contributed by atoms with E-state index >= 15 is 0 Å². The number of hydrogen-bond acceptors (Lipinski definition) is 3. The van der Waals surface area contributed by atoms with Crippen molar-refractivity contribution in [3.05, 3.63) is 34.2 Å². The van der Waals surface area contributed by atoms with Gasteiger partial charge in [0.25, 0.3) is 5.91 Å². The minimum atomic E-state index is -0.251. The molecule has 5 heteroatoms. The number of hydrogen-bond donors (Lipinski definition) is 3. The van der Waals surface area contributed by atoms with E-state index in [9.17, 15) is 9.59 Å². The molecule has 1 aromatic rings. The first-order valence-corrected chi connectivity index (χ1v) is 6.43. The fraction of sp³-hybridized carbons (Fsp3) is 0.538. The van der Waals surface area contributed by atoms with Gasteiger partial charge in [0.15, 0.2) is 0 Å². The Morgan fingerprint density at radius 3 is 3.11 bits per heavy atom. The molecule has 98 valence electrons. The molecule has 2 heterocycles. The molecule has 1 amide bonds. The Labute approximate surface area is 106 Å². The zero-order valence-electron chi connectivity index (χ0n) is 10.4. The molecule has 5 nitrogen and oxygen atoms in total. The van der Waals surface area contributed by atoms with E-state index in [-0.39, 0.29) is 11.5 Å². The van der Waals surface area contributed by atoms with Crippen LogP contribution in [0.15, 0.2) is 23.1 Å². The maximum absolute atomic E-state index is 11.8. The van der Waals surface area contributed by atoms with Gasteiger partial charge in [-0.2, -0.15) is 0 Å². The molecule has 0 aromatic carbocycles. The van der Waals surface area contributed by atoms with Crippen LogP contribution in [0, 0.1) is 5.92 Å². The standard InChI is InChI=1S/C13H19N3O2/c17-12-8-11(4-7-15-12)13(18)16-6-3-10-2-1-5-14-9-10/h4,7-8,10,14H,1-3,5-6,9H2,(H,15,17)(H,16,18). The lowest BCUT2D eigenvalue weighted by Crippen LogP contribution is -2.33.